The van der Waals surface area contributed by atoms with Gasteiger partial charge in [-0.25, -0.2) is 0 Å². The van der Waals surface area contributed by atoms with Gasteiger partial charge in [-0.3, -0.25) is 4.90 Å². The van der Waals surface area contributed by atoms with Crippen molar-refractivity contribution < 1.29 is 0 Å². The number of hydrogen-bond acceptors (Lipinski definition) is 4. The average Bonchev–Trinajstić information content (AvgIpc) is 2.63. The maximum absolute atomic E-state index is 3.64. The summed E-state index contributed by atoms with van der Waals surface area (Å²) in [6.45, 7) is 8.20. The first-order chi connectivity index (χ1) is 6.84. The molecule has 4 heteroatoms. The highest BCUT2D eigenvalue weighted by atomic mass is 15.3. The Bertz CT molecular complexity index is 163. The second kappa shape index (κ2) is 5.07. The van der Waals surface area contributed by atoms with Crippen molar-refractivity contribution in [2.45, 2.75) is 12.5 Å². The third kappa shape index (κ3) is 2.92. The normalized spacial score (nSPS) is 31.1. The monoisotopic (exact) mass is 198 g/mol. The van der Waals surface area contributed by atoms with Gasteiger partial charge in [0, 0.05) is 45.4 Å². The molecule has 0 aromatic heterocycles. The summed E-state index contributed by atoms with van der Waals surface area (Å²) in [4.78, 5) is 4.89. The van der Waals surface area contributed by atoms with Crippen LogP contribution in [-0.2, 0) is 0 Å². The zero-order chi connectivity index (χ0) is 9.80. The number of nitrogens with zero attached hydrogens (tertiary/aromatic N) is 2. The zero-order valence-corrected chi connectivity index (χ0v) is 9.13. The minimum Gasteiger partial charge on any atom is -0.314 e. The molecule has 0 aliphatic carbocycles. The van der Waals surface area contributed by atoms with Gasteiger partial charge in [0.05, 0.1) is 0 Å². The first-order valence-corrected chi connectivity index (χ1v) is 5.69. The molecule has 0 saturated carbocycles. The van der Waals surface area contributed by atoms with Crippen molar-refractivity contribution in [2.75, 3.05) is 53.0 Å². The Morgan fingerprint density at radius 3 is 2.71 bits per heavy atom. The lowest BCUT2D eigenvalue weighted by atomic mass is 10.3. The molecule has 4 nitrogen and oxygen atoms in total. The van der Waals surface area contributed by atoms with Crippen LogP contribution >= 0.6 is 0 Å². The summed E-state index contributed by atoms with van der Waals surface area (Å²) in [6, 6.07) is 0.717. The fraction of sp³-hybridized carbons (Fsp3) is 1.00. The van der Waals surface area contributed by atoms with Gasteiger partial charge in [-0.05, 0) is 20.0 Å². The topological polar surface area (TPSA) is 30.5 Å². The van der Waals surface area contributed by atoms with Crippen molar-refractivity contribution in [1.29, 1.82) is 0 Å². The van der Waals surface area contributed by atoms with Crippen LogP contribution in [0, 0.1) is 0 Å². The van der Waals surface area contributed by atoms with Crippen LogP contribution in [0.15, 0.2) is 0 Å². The molecule has 2 saturated heterocycles. The third-order valence-electron chi connectivity index (χ3n) is 3.20. The molecule has 82 valence electrons. The van der Waals surface area contributed by atoms with E-state index in [-0.39, 0.29) is 0 Å². The van der Waals surface area contributed by atoms with Gasteiger partial charge in [0.15, 0.2) is 0 Å². The van der Waals surface area contributed by atoms with Gasteiger partial charge in [0.25, 0.3) is 0 Å². The van der Waals surface area contributed by atoms with Crippen LogP contribution < -0.4 is 10.6 Å². The molecule has 2 aliphatic rings. The van der Waals surface area contributed by atoms with Gasteiger partial charge in [-0.2, -0.15) is 0 Å². The molecular weight excluding hydrogens is 176 g/mol. The van der Waals surface area contributed by atoms with Crippen LogP contribution in [0.1, 0.15) is 6.42 Å². The van der Waals surface area contributed by atoms with E-state index in [0.717, 1.165) is 25.8 Å². The summed E-state index contributed by atoms with van der Waals surface area (Å²) < 4.78 is 0. The van der Waals surface area contributed by atoms with E-state index in [1.807, 2.05) is 0 Å². The predicted octanol–water partition coefficient (Wildman–Crippen LogP) is -0.857. The molecule has 2 aliphatic heterocycles. The van der Waals surface area contributed by atoms with Crippen molar-refractivity contribution in [1.82, 2.24) is 20.4 Å². The molecule has 0 radical (unpaired) electrons. The minimum atomic E-state index is 0.717. The number of likely N-dealkylation sites (tertiary alicyclic amines) is 1. The Balaban J connectivity index is 1.61. The van der Waals surface area contributed by atoms with Crippen LogP contribution in [0.3, 0.4) is 0 Å². The Morgan fingerprint density at radius 1 is 1.29 bits per heavy atom. The molecule has 2 heterocycles. The lowest BCUT2D eigenvalue weighted by Crippen LogP contribution is -2.49. The van der Waals surface area contributed by atoms with E-state index in [2.05, 4.69) is 27.5 Å². The fourth-order valence-electron chi connectivity index (χ4n) is 2.23. The highest BCUT2D eigenvalue weighted by molar-refractivity contribution is 4.79. The Morgan fingerprint density at radius 2 is 2.07 bits per heavy atom. The van der Waals surface area contributed by atoms with Crippen LogP contribution in [-0.4, -0.2) is 68.8 Å². The van der Waals surface area contributed by atoms with E-state index in [4.69, 9.17) is 0 Å². The molecule has 2 N–H and O–H groups in total. The van der Waals surface area contributed by atoms with Gasteiger partial charge in [-0.1, -0.05) is 0 Å². The quantitative estimate of drug-likeness (QED) is 0.618. The lowest BCUT2D eigenvalue weighted by Gasteiger charge is -2.28. The van der Waals surface area contributed by atoms with Crippen molar-refractivity contribution in [3.05, 3.63) is 0 Å². The summed E-state index contributed by atoms with van der Waals surface area (Å²) in [7, 11) is 2.20. The van der Waals surface area contributed by atoms with Crippen LogP contribution in [0.2, 0.25) is 0 Å². The van der Waals surface area contributed by atoms with Crippen molar-refractivity contribution in [3.8, 4) is 0 Å². The SMILES string of the molecule is CN1CCC(NCN2CCNCC2)C1. The highest BCUT2D eigenvalue weighted by Gasteiger charge is 2.19. The summed E-state index contributed by atoms with van der Waals surface area (Å²) in [5.41, 5.74) is 0. The number of rotatable bonds is 3. The maximum atomic E-state index is 3.64. The smallest absolute Gasteiger partial charge is 0.0484 e. The third-order valence-corrected chi connectivity index (χ3v) is 3.20. The molecule has 0 bridgehead atoms. The summed E-state index contributed by atoms with van der Waals surface area (Å²) in [6.07, 6.45) is 1.31. The highest BCUT2D eigenvalue weighted by Crippen LogP contribution is 2.05. The first-order valence-electron chi connectivity index (χ1n) is 5.69. The summed E-state index contributed by atoms with van der Waals surface area (Å²) >= 11 is 0. The molecule has 14 heavy (non-hydrogen) atoms. The van der Waals surface area contributed by atoms with Gasteiger partial charge in [-0.15, -0.1) is 0 Å². The molecule has 0 amide bonds. The maximum Gasteiger partial charge on any atom is 0.0484 e. The Hall–Kier alpha value is -0.160. The number of hydrogen-bond donors (Lipinski definition) is 2. The second-order valence-corrected chi connectivity index (χ2v) is 4.48. The number of piperazine rings is 1. The standard InChI is InChI=1S/C10H22N4/c1-13-5-2-10(8-13)12-9-14-6-3-11-4-7-14/h10-12H,2-9H2,1H3. The van der Waals surface area contributed by atoms with Crippen LogP contribution in [0.5, 0.6) is 0 Å². The largest absolute Gasteiger partial charge is 0.314 e. The van der Waals surface area contributed by atoms with E-state index in [1.54, 1.807) is 0 Å². The molecule has 1 unspecified atom stereocenters. The first kappa shape index (κ1) is 10.4. The molecule has 0 aromatic carbocycles. The predicted molar refractivity (Wildman–Crippen MR) is 58.3 cm³/mol. The fourth-order valence-corrected chi connectivity index (χ4v) is 2.23. The van der Waals surface area contributed by atoms with Crippen molar-refractivity contribution in [2.24, 2.45) is 0 Å². The lowest BCUT2D eigenvalue weighted by molar-refractivity contribution is 0.213. The van der Waals surface area contributed by atoms with E-state index >= 15 is 0 Å². The van der Waals surface area contributed by atoms with E-state index in [0.29, 0.717) is 0 Å². The molecule has 2 fully saturated rings. The molecule has 0 spiro atoms. The van der Waals surface area contributed by atoms with E-state index in [9.17, 15) is 0 Å². The zero-order valence-electron chi connectivity index (χ0n) is 9.13. The number of nitrogens with one attached hydrogen (secondary N) is 2. The average molecular weight is 198 g/mol. The van der Waals surface area contributed by atoms with Crippen LogP contribution in [0.25, 0.3) is 0 Å². The Kier molecular flexibility index (Phi) is 3.75. The molecular formula is C10H22N4. The molecule has 0 aromatic rings. The minimum absolute atomic E-state index is 0.717. The molecule has 2 rings (SSSR count). The van der Waals surface area contributed by atoms with Gasteiger partial charge in [0.2, 0.25) is 0 Å². The summed E-state index contributed by atoms with van der Waals surface area (Å²) in [5, 5.41) is 7.01. The number of likely N-dealkylation sites (N-methyl/N-ethyl adjacent to an activating group) is 1. The molecule has 1 atom stereocenters. The second-order valence-electron chi connectivity index (χ2n) is 4.48. The van der Waals surface area contributed by atoms with Crippen molar-refractivity contribution >= 4 is 0 Å². The van der Waals surface area contributed by atoms with Crippen LogP contribution in [0.4, 0.5) is 0 Å². The van der Waals surface area contributed by atoms with Gasteiger partial charge in [0.1, 0.15) is 0 Å². The van der Waals surface area contributed by atoms with E-state index < -0.39 is 0 Å². The Labute approximate surface area is 86.6 Å². The van der Waals surface area contributed by atoms with E-state index in [1.165, 1.54) is 32.6 Å². The van der Waals surface area contributed by atoms with Gasteiger partial charge < -0.3 is 15.5 Å². The van der Waals surface area contributed by atoms with Gasteiger partial charge >= 0.3 is 0 Å². The summed E-state index contributed by atoms with van der Waals surface area (Å²) in [5.74, 6) is 0. The van der Waals surface area contributed by atoms with Crippen molar-refractivity contribution in [3.63, 3.8) is 0 Å².